The Balaban J connectivity index is 1.50. The van der Waals surface area contributed by atoms with Gasteiger partial charge in [-0.2, -0.15) is 5.26 Å². The molecule has 3 aromatic carbocycles. The summed E-state index contributed by atoms with van der Waals surface area (Å²) in [4.78, 5) is 22.1. The maximum absolute atomic E-state index is 12.7. The summed E-state index contributed by atoms with van der Waals surface area (Å²) in [5, 5.41) is 15.2. The lowest BCUT2D eigenvalue weighted by Gasteiger charge is -2.17. The number of nitrogens with one attached hydrogen (secondary N) is 2. The van der Waals surface area contributed by atoms with Crippen LogP contribution in [0.4, 0.5) is 11.4 Å². The third-order valence-corrected chi connectivity index (χ3v) is 5.53. The first-order chi connectivity index (χ1) is 17.6. The summed E-state index contributed by atoms with van der Waals surface area (Å²) in [5.41, 5.74) is 6.13. The van der Waals surface area contributed by atoms with E-state index in [1.165, 1.54) is 0 Å². The van der Waals surface area contributed by atoms with Crippen LogP contribution in [0, 0.1) is 18.3 Å². The number of hydrogen-bond acceptors (Lipinski definition) is 5. The molecule has 0 saturated heterocycles. The minimum atomic E-state index is -0.249. The van der Waals surface area contributed by atoms with Gasteiger partial charge in [-0.1, -0.05) is 67.3 Å². The Bertz CT molecular complexity index is 1440. The first-order valence-electron chi connectivity index (χ1n) is 11.4. The van der Waals surface area contributed by atoms with Crippen LogP contribution < -0.4 is 10.6 Å². The Kier molecular flexibility index (Phi) is 7.64. The molecule has 0 saturated carbocycles. The van der Waals surface area contributed by atoms with Crippen LogP contribution in [0.2, 0.25) is 0 Å². The molecule has 3 aromatic rings. The van der Waals surface area contributed by atoms with Gasteiger partial charge >= 0.3 is 0 Å². The number of aryl methyl sites for hydroxylation is 1. The maximum Gasteiger partial charge on any atom is 0.255 e. The second-order valence-electron chi connectivity index (χ2n) is 8.08. The van der Waals surface area contributed by atoms with Crippen LogP contribution in [0.5, 0.6) is 0 Å². The van der Waals surface area contributed by atoms with Gasteiger partial charge in [0, 0.05) is 28.1 Å². The number of nitrogens with zero attached hydrogens (tertiary/aromatic N) is 3. The van der Waals surface area contributed by atoms with Crippen LogP contribution in [-0.2, 0) is 0 Å². The number of guanidine groups is 1. The highest BCUT2D eigenvalue weighted by atomic mass is 16.1. The van der Waals surface area contributed by atoms with Crippen LogP contribution >= 0.6 is 0 Å². The van der Waals surface area contributed by atoms with Gasteiger partial charge in [-0.05, 0) is 48.9 Å². The fourth-order valence-electron chi connectivity index (χ4n) is 3.60. The van der Waals surface area contributed by atoms with Crippen molar-refractivity contribution in [3.63, 3.8) is 0 Å². The smallest absolute Gasteiger partial charge is 0.255 e. The number of aliphatic imine (C=N–C) groups is 2. The van der Waals surface area contributed by atoms with E-state index >= 15 is 0 Å². The lowest BCUT2D eigenvalue weighted by Crippen LogP contribution is -2.21. The van der Waals surface area contributed by atoms with Crippen molar-refractivity contribution in [2.75, 3.05) is 17.2 Å². The van der Waals surface area contributed by atoms with Gasteiger partial charge in [0.2, 0.25) is 5.96 Å². The standard InChI is InChI=1S/C30H25N5O/c1-3-4-6-11-25-20-32-30(35-28(25)23-9-7-5-8-10-23)33-26-16-14-24(15-17-26)29(36)34-27-18-22(19-31)13-12-21(27)2/h3-18H,1,20H2,2H3,(H,32,33)(H,34,36)/b6-4-,25-11+. The SMILES string of the molecule is C=C/C=C\C=C1/CN=C(Nc2ccc(C(=O)Nc3cc(C#N)ccc3C)cc2)N=C1c1ccccc1. The molecule has 1 aliphatic heterocycles. The van der Waals surface area contributed by atoms with Gasteiger partial charge in [0.05, 0.1) is 23.9 Å². The molecule has 36 heavy (non-hydrogen) atoms. The molecule has 0 radical (unpaired) electrons. The molecule has 176 valence electrons. The summed E-state index contributed by atoms with van der Waals surface area (Å²) in [7, 11) is 0. The van der Waals surface area contributed by atoms with Crippen LogP contribution in [0.1, 0.15) is 27.0 Å². The van der Waals surface area contributed by atoms with E-state index < -0.39 is 0 Å². The molecule has 0 aliphatic carbocycles. The normalized spacial score (nSPS) is 14.1. The zero-order valence-electron chi connectivity index (χ0n) is 19.9. The number of carbonyl (C=O) groups is 1. The summed E-state index contributed by atoms with van der Waals surface area (Å²) in [6, 6.07) is 24.4. The highest BCUT2D eigenvalue weighted by molar-refractivity contribution is 6.20. The summed E-state index contributed by atoms with van der Waals surface area (Å²) < 4.78 is 0. The van der Waals surface area contributed by atoms with Crippen molar-refractivity contribution >= 4 is 29.0 Å². The molecule has 0 aromatic heterocycles. The highest BCUT2D eigenvalue weighted by Crippen LogP contribution is 2.20. The predicted octanol–water partition coefficient (Wildman–Crippen LogP) is 6.06. The molecule has 0 atom stereocenters. The number of carbonyl (C=O) groups excluding carboxylic acids is 1. The average Bonchev–Trinajstić information content (AvgIpc) is 2.91. The monoisotopic (exact) mass is 471 g/mol. The Morgan fingerprint density at radius 1 is 1.06 bits per heavy atom. The molecule has 0 bridgehead atoms. The predicted molar refractivity (Wildman–Crippen MR) is 147 cm³/mol. The van der Waals surface area contributed by atoms with Crippen LogP contribution in [0.15, 0.2) is 119 Å². The van der Waals surface area contributed by atoms with E-state index in [4.69, 9.17) is 10.3 Å². The summed E-state index contributed by atoms with van der Waals surface area (Å²) in [6.45, 7) is 6.08. The third kappa shape index (κ3) is 5.91. The van der Waals surface area contributed by atoms with Crippen molar-refractivity contribution in [2.45, 2.75) is 6.92 Å². The fraction of sp³-hybridized carbons (Fsp3) is 0.0667. The van der Waals surface area contributed by atoms with Crippen LogP contribution in [-0.4, -0.2) is 24.1 Å². The lowest BCUT2D eigenvalue weighted by molar-refractivity contribution is 0.102. The van der Waals surface area contributed by atoms with Crippen molar-refractivity contribution in [1.29, 1.82) is 5.26 Å². The molecule has 2 N–H and O–H groups in total. The molecule has 0 fully saturated rings. The number of allylic oxidation sites excluding steroid dienone is 4. The van der Waals surface area contributed by atoms with Crippen molar-refractivity contribution in [3.05, 3.63) is 132 Å². The van der Waals surface area contributed by atoms with E-state index in [0.717, 1.165) is 28.1 Å². The lowest BCUT2D eigenvalue weighted by atomic mass is 10.0. The molecule has 0 unspecified atom stereocenters. The summed E-state index contributed by atoms with van der Waals surface area (Å²) in [6.07, 6.45) is 7.52. The number of nitriles is 1. The van der Waals surface area contributed by atoms with Gasteiger partial charge in [0.25, 0.3) is 5.91 Å². The second-order valence-corrected chi connectivity index (χ2v) is 8.08. The second kappa shape index (κ2) is 11.4. The van der Waals surface area contributed by atoms with Gasteiger partial charge in [0.1, 0.15) is 0 Å². The molecular formula is C30H25N5O. The van der Waals surface area contributed by atoms with Gasteiger partial charge in [0.15, 0.2) is 0 Å². The van der Waals surface area contributed by atoms with E-state index in [2.05, 4.69) is 28.3 Å². The zero-order chi connectivity index (χ0) is 25.3. The summed E-state index contributed by atoms with van der Waals surface area (Å²) in [5.74, 6) is 0.251. The topological polar surface area (TPSA) is 89.6 Å². The van der Waals surface area contributed by atoms with E-state index in [1.54, 1.807) is 30.3 Å². The van der Waals surface area contributed by atoms with Crippen molar-refractivity contribution in [2.24, 2.45) is 9.98 Å². The van der Waals surface area contributed by atoms with E-state index in [9.17, 15) is 4.79 Å². The van der Waals surface area contributed by atoms with Crippen molar-refractivity contribution in [1.82, 2.24) is 0 Å². The number of anilines is 2. The van der Waals surface area contributed by atoms with Crippen molar-refractivity contribution in [3.8, 4) is 6.07 Å². The van der Waals surface area contributed by atoms with Crippen LogP contribution in [0.25, 0.3) is 0 Å². The van der Waals surface area contributed by atoms with E-state index in [-0.39, 0.29) is 5.91 Å². The minimum absolute atomic E-state index is 0.249. The van der Waals surface area contributed by atoms with E-state index in [1.807, 2.05) is 73.7 Å². The average molecular weight is 472 g/mol. The van der Waals surface area contributed by atoms with Crippen molar-refractivity contribution < 1.29 is 4.79 Å². The first-order valence-corrected chi connectivity index (χ1v) is 11.4. The number of benzene rings is 3. The quantitative estimate of drug-likeness (QED) is 0.428. The largest absolute Gasteiger partial charge is 0.324 e. The number of hydrogen-bond donors (Lipinski definition) is 2. The maximum atomic E-state index is 12.7. The van der Waals surface area contributed by atoms with Gasteiger partial charge in [-0.3, -0.25) is 4.79 Å². The number of amides is 1. The van der Waals surface area contributed by atoms with Gasteiger partial charge in [-0.25, -0.2) is 9.98 Å². The minimum Gasteiger partial charge on any atom is -0.324 e. The van der Waals surface area contributed by atoms with Gasteiger partial charge < -0.3 is 10.6 Å². The molecule has 4 rings (SSSR count). The van der Waals surface area contributed by atoms with Gasteiger partial charge in [-0.15, -0.1) is 0 Å². The Morgan fingerprint density at radius 2 is 1.83 bits per heavy atom. The first kappa shape index (κ1) is 24.1. The van der Waals surface area contributed by atoms with E-state index in [0.29, 0.717) is 29.3 Å². The Labute approximate surface area is 210 Å². The molecule has 6 heteroatoms. The highest BCUT2D eigenvalue weighted by Gasteiger charge is 2.16. The Hall–Kier alpha value is -5.02. The van der Waals surface area contributed by atoms with Crippen LogP contribution in [0.3, 0.4) is 0 Å². The zero-order valence-corrected chi connectivity index (χ0v) is 19.9. The molecule has 1 heterocycles. The molecule has 1 amide bonds. The fourth-order valence-corrected chi connectivity index (χ4v) is 3.60. The molecule has 1 aliphatic rings. The molecule has 0 spiro atoms. The molecule has 6 nitrogen and oxygen atoms in total. The molecular weight excluding hydrogens is 446 g/mol. The third-order valence-electron chi connectivity index (χ3n) is 5.53. The Morgan fingerprint density at radius 3 is 2.56 bits per heavy atom. The number of rotatable bonds is 6. The summed E-state index contributed by atoms with van der Waals surface area (Å²) >= 11 is 0.